The Morgan fingerprint density at radius 2 is 2.36 bits per heavy atom. The van der Waals surface area contributed by atoms with E-state index in [9.17, 15) is 4.39 Å². The van der Waals surface area contributed by atoms with Crippen molar-refractivity contribution in [1.29, 1.82) is 0 Å². The molecule has 6 nitrogen and oxygen atoms in total. The minimum Gasteiger partial charge on any atom is -0.357 e. The number of thiazole rings is 1. The fourth-order valence-corrected chi connectivity index (χ4v) is 3.53. The molecule has 1 aliphatic heterocycles. The van der Waals surface area contributed by atoms with Gasteiger partial charge in [0, 0.05) is 42.9 Å². The molecule has 1 unspecified atom stereocenters. The maximum absolute atomic E-state index is 13.9. The predicted octanol–water partition coefficient (Wildman–Crippen LogP) is 2.32. The molecule has 25 heavy (non-hydrogen) atoms. The van der Waals surface area contributed by atoms with Crippen molar-refractivity contribution in [3.63, 3.8) is 0 Å². The zero-order valence-corrected chi connectivity index (χ0v) is 15.3. The van der Waals surface area contributed by atoms with Crippen LogP contribution in [0, 0.1) is 12.7 Å². The number of aliphatic imine (C=N–C) groups is 1. The standard InChI is InChI=1S/C17H23FN6S/c1-3-19-17(22-10-15-21-9-12(2)25-15)23-13-6-8-24(11-13)16-14(18)5-4-7-20-16/h4-5,7,9,13H,3,6,8,10-11H2,1-2H3,(H2,19,22,23). The molecule has 0 amide bonds. The van der Waals surface area contributed by atoms with Gasteiger partial charge in [0.1, 0.15) is 5.01 Å². The van der Waals surface area contributed by atoms with Gasteiger partial charge in [0.15, 0.2) is 17.6 Å². The Labute approximate surface area is 151 Å². The van der Waals surface area contributed by atoms with Crippen LogP contribution in [-0.4, -0.2) is 41.6 Å². The Morgan fingerprint density at radius 3 is 3.08 bits per heavy atom. The van der Waals surface area contributed by atoms with Crippen LogP contribution in [0.1, 0.15) is 23.2 Å². The number of nitrogens with one attached hydrogen (secondary N) is 2. The van der Waals surface area contributed by atoms with E-state index < -0.39 is 0 Å². The number of nitrogens with zero attached hydrogens (tertiary/aromatic N) is 4. The number of aromatic nitrogens is 2. The molecule has 1 fully saturated rings. The van der Waals surface area contributed by atoms with E-state index in [2.05, 4.69) is 25.6 Å². The van der Waals surface area contributed by atoms with E-state index in [4.69, 9.17) is 0 Å². The molecule has 0 aromatic carbocycles. The number of guanidine groups is 1. The van der Waals surface area contributed by atoms with Crippen LogP contribution in [0.2, 0.25) is 0 Å². The second kappa shape index (κ2) is 8.24. The summed E-state index contributed by atoms with van der Waals surface area (Å²) in [5.41, 5.74) is 0. The van der Waals surface area contributed by atoms with Crippen LogP contribution in [0.25, 0.3) is 0 Å². The van der Waals surface area contributed by atoms with Gasteiger partial charge in [0.25, 0.3) is 0 Å². The Balaban J connectivity index is 1.60. The van der Waals surface area contributed by atoms with E-state index in [1.807, 2.05) is 24.9 Å². The highest BCUT2D eigenvalue weighted by atomic mass is 32.1. The Bertz CT molecular complexity index is 731. The molecule has 0 aliphatic carbocycles. The van der Waals surface area contributed by atoms with Crippen LogP contribution >= 0.6 is 11.3 Å². The first-order chi connectivity index (χ1) is 12.2. The number of pyridine rings is 1. The third-order valence-corrected chi connectivity index (χ3v) is 4.85. The average Bonchev–Trinajstić information content (AvgIpc) is 3.22. The van der Waals surface area contributed by atoms with Crippen LogP contribution < -0.4 is 15.5 Å². The van der Waals surface area contributed by atoms with Crippen LogP contribution in [0.5, 0.6) is 0 Å². The number of aryl methyl sites for hydroxylation is 1. The summed E-state index contributed by atoms with van der Waals surface area (Å²) in [5.74, 6) is 0.915. The van der Waals surface area contributed by atoms with Gasteiger partial charge in [-0.05, 0) is 32.4 Å². The van der Waals surface area contributed by atoms with E-state index in [0.717, 1.165) is 30.5 Å². The van der Waals surface area contributed by atoms with Crippen LogP contribution in [-0.2, 0) is 6.54 Å². The average molecular weight is 362 g/mol. The minimum absolute atomic E-state index is 0.206. The van der Waals surface area contributed by atoms with Crippen LogP contribution in [0.4, 0.5) is 10.2 Å². The SMILES string of the molecule is CCNC(=NCc1ncc(C)s1)NC1CCN(c2ncccc2F)C1. The van der Waals surface area contributed by atoms with E-state index in [1.54, 1.807) is 23.6 Å². The first-order valence-electron chi connectivity index (χ1n) is 8.47. The van der Waals surface area contributed by atoms with E-state index in [0.29, 0.717) is 18.9 Å². The summed E-state index contributed by atoms with van der Waals surface area (Å²) in [4.78, 5) is 16.3. The molecule has 134 valence electrons. The highest BCUT2D eigenvalue weighted by molar-refractivity contribution is 7.11. The fraction of sp³-hybridized carbons (Fsp3) is 0.471. The van der Waals surface area contributed by atoms with Crippen molar-refractivity contribution >= 4 is 23.1 Å². The third kappa shape index (κ3) is 4.66. The van der Waals surface area contributed by atoms with Crippen molar-refractivity contribution in [3.8, 4) is 0 Å². The normalized spacial score (nSPS) is 17.8. The molecule has 1 saturated heterocycles. The van der Waals surface area contributed by atoms with Gasteiger partial charge >= 0.3 is 0 Å². The quantitative estimate of drug-likeness (QED) is 0.631. The van der Waals surface area contributed by atoms with Gasteiger partial charge in [0.05, 0.1) is 6.54 Å². The van der Waals surface area contributed by atoms with E-state index in [-0.39, 0.29) is 11.9 Å². The second-order valence-electron chi connectivity index (χ2n) is 5.94. The number of hydrogen-bond donors (Lipinski definition) is 2. The van der Waals surface area contributed by atoms with E-state index in [1.165, 1.54) is 10.9 Å². The monoisotopic (exact) mass is 362 g/mol. The molecule has 0 radical (unpaired) electrons. The highest BCUT2D eigenvalue weighted by Gasteiger charge is 2.25. The van der Waals surface area contributed by atoms with Gasteiger partial charge < -0.3 is 15.5 Å². The topological polar surface area (TPSA) is 65.4 Å². The molecule has 1 aliphatic rings. The molecule has 3 heterocycles. The fourth-order valence-electron chi connectivity index (χ4n) is 2.82. The van der Waals surface area contributed by atoms with Crippen molar-refractivity contribution in [1.82, 2.24) is 20.6 Å². The molecule has 0 saturated carbocycles. The summed E-state index contributed by atoms with van der Waals surface area (Å²) >= 11 is 1.66. The Kier molecular flexibility index (Phi) is 5.80. The number of hydrogen-bond acceptors (Lipinski definition) is 5. The Morgan fingerprint density at radius 1 is 1.48 bits per heavy atom. The number of halogens is 1. The zero-order valence-electron chi connectivity index (χ0n) is 14.5. The Hall–Kier alpha value is -2.22. The maximum Gasteiger partial charge on any atom is 0.191 e. The molecule has 2 aromatic rings. The molecule has 1 atom stereocenters. The molecular formula is C17H23FN6S. The lowest BCUT2D eigenvalue weighted by atomic mass is 10.3. The summed E-state index contributed by atoms with van der Waals surface area (Å²) in [7, 11) is 0. The molecule has 8 heteroatoms. The summed E-state index contributed by atoms with van der Waals surface area (Å²) in [5, 5.41) is 7.70. The highest BCUT2D eigenvalue weighted by Crippen LogP contribution is 2.20. The van der Waals surface area contributed by atoms with Gasteiger partial charge in [-0.1, -0.05) is 0 Å². The van der Waals surface area contributed by atoms with E-state index >= 15 is 0 Å². The van der Waals surface area contributed by atoms with Crippen LogP contribution in [0.15, 0.2) is 29.5 Å². The molecule has 2 aromatic heterocycles. The van der Waals surface area contributed by atoms with Gasteiger partial charge in [-0.25, -0.2) is 19.4 Å². The van der Waals surface area contributed by atoms with Crippen molar-refractivity contribution in [2.24, 2.45) is 4.99 Å². The van der Waals surface area contributed by atoms with Gasteiger partial charge in [-0.3, -0.25) is 0 Å². The van der Waals surface area contributed by atoms with Gasteiger partial charge in [0.2, 0.25) is 0 Å². The third-order valence-electron chi connectivity index (χ3n) is 3.95. The van der Waals surface area contributed by atoms with Crippen LogP contribution in [0.3, 0.4) is 0 Å². The zero-order chi connectivity index (χ0) is 17.6. The maximum atomic E-state index is 13.9. The van der Waals surface area contributed by atoms with Crippen molar-refractivity contribution < 1.29 is 4.39 Å². The molecular weight excluding hydrogens is 339 g/mol. The minimum atomic E-state index is -0.275. The number of anilines is 1. The van der Waals surface area contributed by atoms with Crippen molar-refractivity contribution in [2.45, 2.75) is 32.9 Å². The summed E-state index contributed by atoms with van der Waals surface area (Å²) in [6.45, 7) is 6.89. The van der Waals surface area contributed by atoms with Gasteiger partial charge in [-0.2, -0.15) is 0 Å². The molecule has 3 rings (SSSR count). The second-order valence-corrected chi connectivity index (χ2v) is 7.26. The molecule has 0 spiro atoms. The molecule has 2 N–H and O–H groups in total. The summed E-state index contributed by atoms with van der Waals surface area (Å²) in [6, 6.07) is 3.27. The smallest absolute Gasteiger partial charge is 0.191 e. The number of rotatable bonds is 5. The lowest BCUT2D eigenvalue weighted by molar-refractivity contribution is 0.612. The lowest BCUT2D eigenvalue weighted by Gasteiger charge is -2.19. The first kappa shape index (κ1) is 17.6. The summed E-state index contributed by atoms with van der Waals surface area (Å²) < 4.78 is 13.9. The van der Waals surface area contributed by atoms with Gasteiger partial charge in [-0.15, -0.1) is 11.3 Å². The van der Waals surface area contributed by atoms with Crippen molar-refractivity contribution in [2.75, 3.05) is 24.5 Å². The molecule has 0 bridgehead atoms. The summed E-state index contributed by atoms with van der Waals surface area (Å²) in [6.07, 6.45) is 4.41. The lowest BCUT2D eigenvalue weighted by Crippen LogP contribution is -2.44. The first-order valence-corrected chi connectivity index (χ1v) is 9.29. The largest absolute Gasteiger partial charge is 0.357 e. The predicted molar refractivity (Wildman–Crippen MR) is 99.6 cm³/mol. The van der Waals surface area contributed by atoms with Crippen molar-refractivity contribution in [3.05, 3.63) is 40.2 Å².